The molecule has 6 heteroatoms. The topological polar surface area (TPSA) is 72.2 Å². The normalized spacial score (nSPS) is 10.1. The second-order valence-corrected chi connectivity index (χ2v) is 4.36. The summed E-state index contributed by atoms with van der Waals surface area (Å²) in [7, 11) is 0. The molecule has 5 nitrogen and oxygen atoms in total. The van der Waals surface area contributed by atoms with E-state index in [4.69, 9.17) is 11.6 Å². The summed E-state index contributed by atoms with van der Waals surface area (Å²) in [6, 6.07) is 12.7. The molecule has 1 N–H and O–H groups in total. The van der Waals surface area contributed by atoms with E-state index in [0.717, 1.165) is 5.56 Å². The monoisotopic (exact) mass is 290 g/mol. The van der Waals surface area contributed by atoms with E-state index in [9.17, 15) is 14.9 Å². The van der Waals surface area contributed by atoms with Crippen LogP contribution in [0.5, 0.6) is 0 Å². The predicted octanol–water partition coefficient (Wildman–Crippen LogP) is 3.59. The van der Waals surface area contributed by atoms with Gasteiger partial charge in [0, 0.05) is 29.3 Å². The summed E-state index contributed by atoms with van der Waals surface area (Å²) in [6.07, 6.45) is 0. The molecule has 0 bridgehead atoms. The fraction of sp³-hybridized carbons (Fsp3) is 0.0714. The molecule has 0 fully saturated rings. The molecule has 2 aromatic carbocycles. The molecule has 1 amide bonds. The van der Waals surface area contributed by atoms with Crippen LogP contribution in [0.4, 0.5) is 11.4 Å². The van der Waals surface area contributed by atoms with E-state index in [1.807, 2.05) is 6.07 Å². The Hall–Kier alpha value is -2.40. The van der Waals surface area contributed by atoms with Gasteiger partial charge in [-0.3, -0.25) is 14.9 Å². The van der Waals surface area contributed by atoms with Gasteiger partial charge in [-0.05, 0) is 23.8 Å². The van der Waals surface area contributed by atoms with Crippen LogP contribution >= 0.6 is 11.6 Å². The molecule has 0 unspecified atom stereocenters. The molecule has 0 radical (unpaired) electrons. The Morgan fingerprint density at radius 2 is 1.95 bits per heavy atom. The Bertz CT molecular complexity index is 658. The van der Waals surface area contributed by atoms with Crippen LogP contribution in [-0.2, 0) is 5.88 Å². The molecule has 2 aromatic rings. The van der Waals surface area contributed by atoms with Gasteiger partial charge in [0.1, 0.15) is 0 Å². The zero-order valence-electron chi connectivity index (χ0n) is 10.4. The average Bonchev–Trinajstić information content (AvgIpc) is 2.47. The molecule has 0 saturated carbocycles. The van der Waals surface area contributed by atoms with Crippen molar-refractivity contribution in [1.29, 1.82) is 0 Å². The van der Waals surface area contributed by atoms with Crippen LogP contribution in [-0.4, -0.2) is 10.8 Å². The highest BCUT2D eigenvalue weighted by molar-refractivity contribution is 6.17. The molecule has 0 atom stereocenters. The molecule has 20 heavy (non-hydrogen) atoms. The van der Waals surface area contributed by atoms with Crippen LogP contribution < -0.4 is 5.32 Å². The molecule has 102 valence electrons. The maximum Gasteiger partial charge on any atom is 0.271 e. The molecular weight excluding hydrogens is 280 g/mol. The smallest absolute Gasteiger partial charge is 0.271 e. The number of carbonyl (C=O) groups is 1. The zero-order valence-corrected chi connectivity index (χ0v) is 11.1. The van der Waals surface area contributed by atoms with Gasteiger partial charge >= 0.3 is 0 Å². The fourth-order valence-corrected chi connectivity index (χ4v) is 1.86. The Balaban J connectivity index is 2.18. The Morgan fingerprint density at radius 3 is 2.65 bits per heavy atom. The Morgan fingerprint density at radius 1 is 1.20 bits per heavy atom. The van der Waals surface area contributed by atoms with E-state index < -0.39 is 4.92 Å². The third-order valence-corrected chi connectivity index (χ3v) is 2.97. The minimum atomic E-state index is -0.510. The fourth-order valence-electron chi connectivity index (χ4n) is 1.70. The highest BCUT2D eigenvalue weighted by Crippen LogP contribution is 2.18. The lowest BCUT2D eigenvalue weighted by atomic mass is 10.1. The summed E-state index contributed by atoms with van der Waals surface area (Å²) < 4.78 is 0. The zero-order chi connectivity index (χ0) is 14.5. The first-order valence-electron chi connectivity index (χ1n) is 5.81. The molecule has 2 rings (SSSR count). The van der Waals surface area contributed by atoms with Crippen molar-refractivity contribution in [2.24, 2.45) is 0 Å². The van der Waals surface area contributed by atoms with Crippen LogP contribution in [0.2, 0.25) is 0 Å². The van der Waals surface area contributed by atoms with E-state index in [2.05, 4.69) is 5.32 Å². The number of nitro benzene ring substituents is 1. The van der Waals surface area contributed by atoms with E-state index >= 15 is 0 Å². The maximum atomic E-state index is 12.0. The van der Waals surface area contributed by atoms with E-state index in [-0.39, 0.29) is 11.6 Å². The lowest BCUT2D eigenvalue weighted by molar-refractivity contribution is -0.384. The summed E-state index contributed by atoms with van der Waals surface area (Å²) >= 11 is 5.71. The number of hydrogen-bond donors (Lipinski definition) is 1. The lowest BCUT2D eigenvalue weighted by Crippen LogP contribution is -2.12. The number of non-ortho nitro benzene ring substituents is 1. The van der Waals surface area contributed by atoms with Crippen LogP contribution in [0.15, 0.2) is 48.5 Å². The standard InChI is InChI=1S/C14H11ClN2O3/c15-9-10-3-1-4-11(7-10)14(18)16-12-5-2-6-13(8-12)17(19)20/h1-8H,9H2,(H,16,18). The number of nitro groups is 1. The third kappa shape index (κ3) is 3.33. The Kier molecular flexibility index (Phi) is 4.32. The molecular formula is C14H11ClN2O3. The summed E-state index contributed by atoms with van der Waals surface area (Å²) in [5.74, 6) is -0.0183. The number of hydrogen-bond acceptors (Lipinski definition) is 3. The van der Waals surface area contributed by atoms with Gasteiger partial charge in [-0.15, -0.1) is 11.6 Å². The first kappa shape index (κ1) is 14.0. The molecule has 0 saturated heterocycles. The van der Waals surface area contributed by atoms with Gasteiger partial charge in [0.15, 0.2) is 0 Å². The maximum absolute atomic E-state index is 12.0. The number of rotatable bonds is 4. The number of carbonyl (C=O) groups excluding carboxylic acids is 1. The predicted molar refractivity (Wildman–Crippen MR) is 77.0 cm³/mol. The lowest BCUT2D eigenvalue weighted by Gasteiger charge is -2.06. The first-order valence-corrected chi connectivity index (χ1v) is 6.34. The van der Waals surface area contributed by atoms with Crippen molar-refractivity contribution in [1.82, 2.24) is 0 Å². The van der Waals surface area contributed by atoms with Crippen LogP contribution in [0.3, 0.4) is 0 Å². The SMILES string of the molecule is O=C(Nc1cccc([N+](=O)[O-])c1)c1cccc(CCl)c1. The molecule has 0 aromatic heterocycles. The molecule has 0 aliphatic carbocycles. The summed E-state index contributed by atoms with van der Waals surface area (Å²) in [5.41, 5.74) is 1.59. The number of nitrogens with zero attached hydrogens (tertiary/aromatic N) is 1. The highest BCUT2D eigenvalue weighted by atomic mass is 35.5. The summed E-state index contributed by atoms with van der Waals surface area (Å²) in [6.45, 7) is 0. The van der Waals surface area contributed by atoms with Crippen molar-refractivity contribution < 1.29 is 9.72 Å². The van der Waals surface area contributed by atoms with Crippen LogP contribution in [0, 0.1) is 10.1 Å². The first-order chi connectivity index (χ1) is 9.60. The Labute approximate surface area is 120 Å². The van der Waals surface area contributed by atoms with E-state index in [0.29, 0.717) is 17.1 Å². The van der Waals surface area contributed by atoms with Gasteiger partial charge in [0.2, 0.25) is 0 Å². The number of nitrogens with one attached hydrogen (secondary N) is 1. The second-order valence-electron chi connectivity index (χ2n) is 4.10. The van der Waals surface area contributed by atoms with Crippen molar-refractivity contribution in [3.8, 4) is 0 Å². The quantitative estimate of drug-likeness (QED) is 0.531. The summed E-state index contributed by atoms with van der Waals surface area (Å²) in [5, 5.41) is 13.3. The summed E-state index contributed by atoms with van der Waals surface area (Å²) in [4.78, 5) is 22.2. The van der Waals surface area contributed by atoms with Gasteiger partial charge in [-0.25, -0.2) is 0 Å². The highest BCUT2D eigenvalue weighted by Gasteiger charge is 2.10. The average molecular weight is 291 g/mol. The van der Waals surface area contributed by atoms with E-state index in [1.54, 1.807) is 24.3 Å². The van der Waals surface area contributed by atoms with Gasteiger partial charge in [0.25, 0.3) is 11.6 Å². The minimum absolute atomic E-state index is 0.0719. The molecule has 0 aliphatic rings. The molecule has 0 spiro atoms. The number of halogens is 1. The van der Waals surface area contributed by atoms with Crippen molar-refractivity contribution >= 4 is 28.9 Å². The van der Waals surface area contributed by atoms with Gasteiger partial charge in [-0.1, -0.05) is 18.2 Å². The van der Waals surface area contributed by atoms with Gasteiger partial charge < -0.3 is 5.32 Å². The van der Waals surface area contributed by atoms with Crippen molar-refractivity contribution in [3.05, 3.63) is 69.8 Å². The third-order valence-electron chi connectivity index (χ3n) is 2.66. The van der Waals surface area contributed by atoms with Crippen molar-refractivity contribution in [2.45, 2.75) is 5.88 Å². The van der Waals surface area contributed by atoms with Crippen LogP contribution in [0.1, 0.15) is 15.9 Å². The van der Waals surface area contributed by atoms with Crippen molar-refractivity contribution in [3.63, 3.8) is 0 Å². The van der Waals surface area contributed by atoms with Gasteiger partial charge in [-0.2, -0.15) is 0 Å². The number of benzene rings is 2. The van der Waals surface area contributed by atoms with Crippen molar-refractivity contribution in [2.75, 3.05) is 5.32 Å². The van der Waals surface area contributed by atoms with Crippen LogP contribution in [0.25, 0.3) is 0 Å². The largest absolute Gasteiger partial charge is 0.322 e. The second kappa shape index (κ2) is 6.16. The van der Waals surface area contributed by atoms with Gasteiger partial charge in [0.05, 0.1) is 4.92 Å². The number of amides is 1. The molecule has 0 heterocycles. The molecule has 0 aliphatic heterocycles. The minimum Gasteiger partial charge on any atom is -0.322 e. The number of anilines is 1. The van der Waals surface area contributed by atoms with E-state index in [1.165, 1.54) is 18.2 Å². The number of alkyl halides is 1.